The summed E-state index contributed by atoms with van der Waals surface area (Å²) in [7, 11) is 0. The normalized spacial score (nSPS) is 27.1. The molecule has 2 fully saturated rings. The Labute approximate surface area is 207 Å². The molecule has 2 heterocycles. The van der Waals surface area contributed by atoms with Crippen LogP contribution >= 0.6 is 0 Å². The third-order valence-electron chi connectivity index (χ3n) is 8.18. The van der Waals surface area contributed by atoms with E-state index in [1.54, 1.807) is 12.1 Å². The number of nitrogens with zero attached hydrogens (tertiary/aromatic N) is 1. The molecular formula is C28H39NO6. The summed E-state index contributed by atoms with van der Waals surface area (Å²) in [6.45, 7) is 3.58. The van der Waals surface area contributed by atoms with E-state index in [0.29, 0.717) is 37.2 Å². The third-order valence-corrected chi connectivity index (χ3v) is 8.18. The lowest BCUT2D eigenvalue weighted by Crippen LogP contribution is -2.42. The molecule has 0 unspecified atom stereocenters. The van der Waals surface area contributed by atoms with Gasteiger partial charge in [0.05, 0.1) is 24.5 Å². The highest BCUT2D eigenvalue weighted by molar-refractivity contribution is 6.06. The number of carbonyl (C=O) groups excluding carboxylic acids is 2. The summed E-state index contributed by atoms with van der Waals surface area (Å²) in [5, 5.41) is 30.8. The molecule has 3 N–H and O–H groups in total. The van der Waals surface area contributed by atoms with E-state index < -0.39 is 23.9 Å². The molecule has 1 aliphatic heterocycles. The van der Waals surface area contributed by atoms with Gasteiger partial charge in [-0.2, -0.15) is 0 Å². The number of aliphatic hydroxyl groups excluding tert-OH is 3. The second-order valence-corrected chi connectivity index (χ2v) is 10.4. The van der Waals surface area contributed by atoms with Gasteiger partial charge in [-0.15, -0.1) is 0 Å². The first-order valence-electron chi connectivity index (χ1n) is 13.1. The van der Waals surface area contributed by atoms with Gasteiger partial charge in [-0.25, -0.2) is 0 Å². The van der Waals surface area contributed by atoms with Crippen molar-refractivity contribution in [3.63, 3.8) is 0 Å². The molecule has 1 aromatic heterocycles. The molecule has 0 bridgehead atoms. The van der Waals surface area contributed by atoms with Crippen molar-refractivity contribution in [3.05, 3.63) is 40.4 Å². The predicted octanol–water partition coefficient (Wildman–Crippen LogP) is 3.97. The Balaban J connectivity index is 1.51. The predicted molar refractivity (Wildman–Crippen MR) is 132 cm³/mol. The first-order valence-corrected chi connectivity index (χ1v) is 13.1. The van der Waals surface area contributed by atoms with Gasteiger partial charge in [-0.05, 0) is 69.2 Å². The maximum atomic E-state index is 13.5. The van der Waals surface area contributed by atoms with Crippen LogP contribution < -0.4 is 0 Å². The Morgan fingerprint density at radius 1 is 1.17 bits per heavy atom. The van der Waals surface area contributed by atoms with E-state index in [1.165, 1.54) is 4.90 Å². The topological polar surface area (TPSA) is 111 Å². The standard InChI is InChI=1S/C28H39NO6/c1-3-18-14-22-26(28(34)29(27(22)33)19-7-5-4-6-8-19)23(16-31)25(18)24(32)12-9-17(2)13-20-10-11-21(15-30)35-20/h10-11,13,19,22-24,26,30-32H,3-9,12,14-16H2,1-2H3/b17-13+/t22-,23+,24-,26-/m1/s1. The summed E-state index contributed by atoms with van der Waals surface area (Å²) < 4.78 is 5.52. The minimum absolute atomic E-state index is 0.0205. The van der Waals surface area contributed by atoms with Crippen LogP contribution in [-0.2, 0) is 16.2 Å². The number of allylic oxidation sites excluding steroid dienone is 2. The van der Waals surface area contributed by atoms with E-state index >= 15 is 0 Å². The molecule has 4 atom stereocenters. The smallest absolute Gasteiger partial charge is 0.234 e. The third kappa shape index (κ3) is 5.18. The summed E-state index contributed by atoms with van der Waals surface area (Å²) in [4.78, 5) is 28.4. The van der Waals surface area contributed by atoms with Gasteiger partial charge in [-0.1, -0.05) is 37.3 Å². The number of rotatable bonds is 9. The molecule has 192 valence electrons. The van der Waals surface area contributed by atoms with Crippen LogP contribution in [0.4, 0.5) is 0 Å². The van der Waals surface area contributed by atoms with Crippen LogP contribution in [0.3, 0.4) is 0 Å². The van der Waals surface area contributed by atoms with Crippen LogP contribution in [-0.4, -0.2) is 50.8 Å². The van der Waals surface area contributed by atoms with Crippen molar-refractivity contribution in [2.75, 3.05) is 6.61 Å². The molecule has 2 amide bonds. The van der Waals surface area contributed by atoms with E-state index in [2.05, 4.69) is 0 Å². The van der Waals surface area contributed by atoms with Gasteiger partial charge in [-0.3, -0.25) is 14.5 Å². The average molecular weight is 486 g/mol. The van der Waals surface area contributed by atoms with Crippen molar-refractivity contribution in [1.82, 2.24) is 4.90 Å². The molecular weight excluding hydrogens is 446 g/mol. The fraction of sp³-hybridized carbons (Fsp3) is 0.643. The summed E-state index contributed by atoms with van der Waals surface area (Å²) in [6, 6.07) is 3.51. The Hall–Kier alpha value is -2.22. The largest absolute Gasteiger partial charge is 0.459 e. The summed E-state index contributed by atoms with van der Waals surface area (Å²) in [5.41, 5.74) is 2.78. The lowest BCUT2D eigenvalue weighted by molar-refractivity contribution is -0.143. The van der Waals surface area contributed by atoms with Crippen LogP contribution in [0.1, 0.15) is 83.2 Å². The Kier molecular flexibility index (Phi) is 8.30. The number of hydrogen-bond acceptors (Lipinski definition) is 6. The molecule has 0 aromatic carbocycles. The Morgan fingerprint density at radius 3 is 2.54 bits per heavy atom. The molecule has 1 aromatic rings. The molecule has 7 nitrogen and oxygen atoms in total. The zero-order valence-corrected chi connectivity index (χ0v) is 20.9. The van der Waals surface area contributed by atoms with Crippen molar-refractivity contribution in [2.24, 2.45) is 17.8 Å². The van der Waals surface area contributed by atoms with E-state index in [0.717, 1.165) is 48.8 Å². The number of imide groups is 1. The summed E-state index contributed by atoms with van der Waals surface area (Å²) in [6.07, 6.45) is 8.30. The van der Waals surface area contributed by atoms with Gasteiger partial charge in [0, 0.05) is 12.0 Å². The first-order chi connectivity index (χ1) is 16.9. The van der Waals surface area contributed by atoms with Crippen molar-refractivity contribution >= 4 is 17.9 Å². The van der Waals surface area contributed by atoms with E-state index in [-0.39, 0.29) is 31.1 Å². The molecule has 0 radical (unpaired) electrons. The highest BCUT2D eigenvalue weighted by atomic mass is 16.4. The van der Waals surface area contributed by atoms with Crippen molar-refractivity contribution < 1.29 is 29.3 Å². The Morgan fingerprint density at radius 2 is 1.91 bits per heavy atom. The molecule has 7 heteroatoms. The zero-order valence-electron chi connectivity index (χ0n) is 20.9. The number of likely N-dealkylation sites (tertiary alicyclic amines) is 1. The average Bonchev–Trinajstić information content (AvgIpc) is 3.43. The van der Waals surface area contributed by atoms with Crippen molar-refractivity contribution in [1.29, 1.82) is 0 Å². The van der Waals surface area contributed by atoms with Crippen LogP contribution in [0, 0.1) is 17.8 Å². The van der Waals surface area contributed by atoms with Crippen LogP contribution in [0.15, 0.2) is 33.3 Å². The molecule has 35 heavy (non-hydrogen) atoms. The van der Waals surface area contributed by atoms with Crippen molar-refractivity contribution in [2.45, 2.75) is 90.4 Å². The van der Waals surface area contributed by atoms with Crippen LogP contribution in [0.25, 0.3) is 6.08 Å². The van der Waals surface area contributed by atoms with Gasteiger partial charge >= 0.3 is 0 Å². The van der Waals surface area contributed by atoms with Gasteiger partial charge in [0.25, 0.3) is 0 Å². The molecule has 3 aliphatic rings. The summed E-state index contributed by atoms with van der Waals surface area (Å²) in [5.74, 6) is -0.600. The lowest BCUT2D eigenvalue weighted by Gasteiger charge is -2.36. The number of carbonyl (C=O) groups is 2. The molecule has 1 saturated heterocycles. The van der Waals surface area contributed by atoms with Gasteiger partial charge < -0.3 is 19.7 Å². The van der Waals surface area contributed by atoms with Crippen LogP contribution in [0.2, 0.25) is 0 Å². The number of aliphatic hydroxyl groups is 3. The minimum Gasteiger partial charge on any atom is -0.459 e. The number of furan rings is 1. The second kappa shape index (κ2) is 11.2. The molecule has 0 spiro atoms. The fourth-order valence-electron chi connectivity index (χ4n) is 6.41. The summed E-state index contributed by atoms with van der Waals surface area (Å²) >= 11 is 0. The Bertz CT molecular complexity index is 985. The SMILES string of the molecule is CCC1=C([C@H](O)CC/C(C)=C/c2ccc(CO)o2)[C@H](CO)[C@@H]2C(=O)N(C3CCCCC3)C(=O)[C@@H]2C1. The molecule has 1 saturated carbocycles. The van der Waals surface area contributed by atoms with Gasteiger partial charge in [0.1, 0.15) is 18.1 Å². The minimum atomic E-state index is -0.789. The fourth-order valence-corrected chi connectivity index (χ4v) is 6.41. The van der Waals surface area contributed by atoms with Gasteiger partial charge in [0.15, 0.2) is 0 Å². The maximum Gasteiger partial charge on any atom is 0.234 e. The molecule has 4 rings (SSSR count). The van der Waals surface area contributed by atoms with Crippen LogP contribution in [0.5, 0.6) is 0 Å². The van der Waals surface area contributed by atoms with Gasteiger partial charge in [0.2, 0.25) is 11.8 Å². The number of fused-ring (bicyclic) bond motifs is 1. The monoisotopic (exact) mass is 485 g/mol. The lowest BCUT2D eigenvalue weighted by atomic mass is 9.67. The van der Waals surface area contributed by atoms with E-state index in [4.69, 9.17) is 4.42 Å². The van der Waals surface area contributed by atoms with E-state index in [9.17, 15) is 24.9 Å². The number of amides is 2. The quantitative estimate of drug-likeness (QED) is 0.361. The maximum absolute atomic E-state index is 13.5. The second-order valence-electron chi connectivity index (χ2n) is 10.4. The highest BCUT2D eigenvalue weighted by Gasteiger charge is 2.56. The number of hydrogen-bond donors (Lipinski definition) is 3. The zero-order chi connectivity index (χ0) is 25.1. The molecule has 2 aliphatic carbocycles. The highest BCUT2D eigenvalue weighted by Crippen LogP contribution is 2.48. The van der Waals surface area contributed by atoms with Crippen molar-refractivity contribution in [3.8, 4) is 0 Å². The first kappa shape index (κ1) is 25.9. The van der Waals surface area contributed by atoms with E-state index in [1.807, 2.05) is 19.9 Å².